The molecule has 0 saturated heterocycles. The first-order valence-corrected chi connectivity index (χ1v) is 11.1. The van der Waals surface area contributed by atoms with Crippen LogP contribution < -0.4 is 0 Å². The Balaban J connectivity index is 1.96. The lowest BCUT2D eigenvalue weighted by atomic mass is 9.80. The van der Waals surface area contributed by atoms with E-state index in [1.165, 1.54) is 0 Å². The number of sulfone groups is 1. The van der Waals surface area contributed by atoms with Crippen LogP contribution in [0, 0.1) is 29.9 Å². The number of alkyl halides is 3. The number of hydrogen-bond donors (Lipinski definition) is 1. The third kappa shape index (κ3) is 5.08. The Morgan fingerprint density at radius 3 is 2.29 bits per heavy atom. The Morgan fingerprint density at radius 1 is 1.10 bits per heavy atom. The Labute approximate surface area is 176 Å². The largest absolute Gasteiger partial charge is 0.417 e. The van der Waals surface area contributed by atoms with Crippen LogP contribution in [0.2, 0.25) is 0 Å². The molecule has 1 fully saturated rings. The molecule has 1 aliphatic rings. The van der Waals surface area contributed by atoms with Gasteiger partial charge in [0, 0.05) is 11.6 Å². The summed E-state index contributed by atoms with van der Waals surface area (Å²) in [7, 11) is -4.34. The van der Waals surface area contributed by atoms with Crippen molar-refractivity contribution in [3.05, 3.63) is 53.6 Å². The van der Waals surface area contributed by atoms with Gasteiger partial charge in [0.05, 0.1) is 16.2 Å². The molecule has 0 spiro atoms. The molecule has 3 rings (SSSR count). The molecule has 0 aromatic heterocycles. The smallest absolute Gasteiger partial charge is 0.378 e. The maximum absolute atomic E-state index is 14.0. The summed E-state index contributed by atoms with van der Waals surface area (Å²) in [6.07, 6.45) is 1.11. The van der Waals surface area contributed by atoms with E-state index in [1.807, 2.05) is 0 Å². The average Bonchev–Trinajstić information content (AvgIpc) is 2.69. The van der Waals surface area contributed by atoms with E-state index in [1.54, 1.807) is 0 Å². The number of benzene rings is 2. The summed E-state index contributed by atoms with van der Waals surface area (Å²) in [5, 5.41) is 10.1. The summed E-state index contributed by atoms with van der Waals surface area (Å²) in [6.45, 7) is 0. The van der Waals surface area contributed by atoms with Gasteiger partial charge in [-0.2, -0.15) is 13.2 Å². The minimum Gasteiger partial charge on any atom is -0.378 e. The molecule has 0 aliphatic heterocycles. The summed E-state index contributed by atoms with van der Waals surface area (Å²) < 4.78 is 93.9. The highest BCUT2D eigenvalue weighted by molar-refractivity contribution is 7.91. The van der Waals surface area contributed by atoms with Gasteiger partial charge >= 0.3 is 6.18 Å². The summed E-state index contributed by atoms with van der Waals surface area (Å²) >= 11 is 0. The van der Waals surface area contributed by atoms with Gasteiger partial charge < -0.3 is 5.11 Å². The topological polar surface area (TPSA) is 54.4 Å². The Hall–Kier alpha value is -2.44. The molecule has 2 aromatic carbocycles. The van der Waals surface area contributed by atoms with Gasteiger partial charge in [-0.15, -0.1) is 6.42 Å². The molecule has 0 radical (unpaired) electrons. The van der Waals surface area contributed by atoms with Gasteiger partial charge in [0.1, 0.15) is 17.2 Å². The van der Waals surface area contributed by atoms with Crippen LogP contribution >= 0.6 is 0 Å². The molecule has 166 valence electrons. The summed E-state index contributed by atoms with van der Waals surface area (Å²) in [5.41, 5.74) is -3.24. The van der Waals surface area contributed by atoms with Crippen molar-refractivity contribution in [2.75, 3.05) is 5.75 Å². The van der Waals surface area contributed by atoms with Crippen LogP contribution in [-0.2, 0) is 16.0 Å². The van der Waals surface area contributed by atoms with E-state index in [4.69, 9.17) is 6.42 Å². The summed E-state index contributed by atoms with van der Waals surface area (Å²) in [5.74, 6) is -0.671. The van der Waals surface area contributed by atoms with Gasteiger partial charge in [-0.3, -0.25) is 0 Å². The lowest BCUT2D eigenvalue weighted by Gasteiger charge is -2.32. The zero-order valence-electron chi connectivity index (χ0n) is 16.2. The minimum absolute atomic E-state index is 0.165. The average molecular weight is 458 g/mol. The van der Waals surface area contributed by atoms with Crippen molar-refractivity contribution < 1.29 is 35.5 Å². The predicted octanol–water partition coefficient (Wildman–Crippen LogP) is 4.98. The molecule has 0 atom stereocenters. The van der Waals surface area contributed by atoms with Crippen LogP contribution in [0.5, 0.6) is 0 Å². The van der Waals surface area contributed by atoms with E-state index < -0.39 is 55.4 Å². The van der Waals surface area contributed by atoms with Crippen LogP contribution in [0.3, 0.4) is 0 Å². The fourth-order valence-corrected chi connectivity index (χ4v) is 5.70. The first-order valence-electron chi connectivity index (χ1n) is 9.44. The van der Waals surface area contributed by atoms with E-state index in [9.17, 15) is 35.5 Å². The molecule has 0 heterocycles. The van der Waals surface area contributed by atoms with E-state index in [0.717, 1.165) is 24.3 Å². The lowest BCUT2D eigenvalue weighted by molar-refractivity contribution is -0.139. The molecular weight excluding hydrogens is 439 g/mol. The number of halogens is 5. The van der Waals surface area contributed by atoms with Crippen molar-refractivity contribution in [2.24, 2.45) is 5.92 Å². The van der Waals surface area contributed by atoms with Gasteiger partial charge in [0.2, 0.25) is 0 Å². The number of rotatable bonds is 4. The molecule has 0 amide bonds. The van der Waals surface area contributed by atoms with Crippen molar-refractivity contribution >= 4 is 9.84 Å². The van der Waals surface area contributed by atoms with Gasteiger partial charge in [0.15, 0.2) is 9.84 Å². The first-order chi connectivity index (χ1) is 14.3. The van der Waals surface area contributed by atoms with Crippen molar-refractivity contribution in [2.45, 2.75) is 42.4 Å². The van der Waals surface area contributed by atoms with E-state index >= 15 is 0 Å². The van der Waals surface area contributed by atoms with Crippen LogP contribution in [0.15, 0.2) is 41.3 Å². The third-order valence-corrected chi connectivity index (χ3v) is 7.45. The zero-order chi connectivity index (χ0) is 23.0. The van der Waals surface area contributed by atoms with Crippen molar-refractivity contribution in [1.82, 2.24) is 0 Å². The van der Waals surface area contributed by atoms with E-state index in [2.05, 4.69) is 5.92 Å². The van der Waals surface area contributed by atoms with Crippen LogP contribution in [0.1, 0.15) is 31.2 Å². The van der Waals surface area contributed by atoms with Crippen molar-refractivity contribution in [3.8, 4) is 23.5 Å². The van der Waals surface area contributed by atoms with Gasteiger partial charge in [-0.1, -0.05) is 12.0 Å². The molecule has 0 bridgehead atoms. The number of terminal acetylenes is 1. The second kappa shape index (κ2) is 8.24. The Morgan fingerprint density at radius 2 is 1.74 bits per heavy atom. The lowest BCUT2D eigenvalue weighted by Crippen LogP contribution is -2.34. The fourth-order valence-electron chi connectivity index (χ4n) is 3.78. The summed E-state index contributed by atoms with van der Waals surface area (Å²) in [4.78, 5) is -0.899. The third-order valence-electron chi connectivity index (χ3n) is 5.52. The summed E-state index contributed by atoms with van der Waals surface area (Å²) in [6, 6.07) is 4.85. The molecule has 0 unspecified atom stereocenters. The molecule has 1 N–H and O–H groups in total. The molecular formula is C22H19F5O3S. The highest BCUT2D eigenvalue weighted by Gasteiger charge is 2.39. The minimum atomic E-state index is -5.01. The molecule has 3 nitrogen and oxygen atoms in total. The predicted molar refractivity (Wildman–Crippen MR) is 105 cm³/mol. The van der Waals surface area contributed by atoms with Crippen molar-refractivity contribution in [1.29, 1.82) is 0 Å². The zero-order valence-corrected chi connectivity index (χ0v) is 17.0. The van der Waals surface area contributed by atoms with E-state index in [-0.39, 0.29) is 36.8 Å². The van der Waals surface area contributed by atoms with Crippen LogP contribution in [0.4, 0.5) is 22.0 Å². The molecule has 1 saturated carbocycles. The highest BCUT2D eigenvalue weighted by Crippen LogP contribution is 2.39. The maximum Gasteiger partial charge on any atom is 0.417 e. The normalized spacial score (nSPS) is 22.2. The molecule has 1 aliphatic carbocycles. The second-order valence-corrected chi connectivity index (χ2v) is 9.74. The second-order valence-electron chi connectivity index (χ2n) is 7.73. The van der Waals surface area contributed by atoms with Crippen LogP contribution in [-0.4, -0.2) is 24.9 Å². The Kier molecular flexibility index (Phi) is 6.18. The molecule has 2 aromatic rings. The van der Waals surface area contributed by atoms with Gasteiger partial charge in [-0.25, -0.2) is 17.2 Å². The highest BCUT2D eigenvalue weighted by atomic mass is 32.2. The first kappa shape index (κ1) is 23.2. The maximum atomic E-state index is 14.0. The van der Waals surface area contributed by atoms with Gasteiger partial charge in [-0.05, 0) is 61.4 Å². The number of hydrogen-bond acceptors (Lipinski definition) is 3. The monoisotopic (exact) mass is 458 g/mol. The fraction of sp³-hybridized carbons (Fsp3) is 0.364. The van der Waals surface area contributed by atoms with Gasteiger partial charge in [0.25, 0.3) is 0 Å². The van der Waals surface area contributed by atoms with E-state index in [0.29, 0.717) is 12.1 Å². The quantitative estimate of drug-likeness (QED) is 0.520. The number of aliphatic hydroxyl groups is 1. The molecule has 31 heavy (non-hydrogen) atoms. The Bertz CT molecular complexity index is 1120. The van der Waals surface area contributed by atoms with Crippen molar-refractivity contribution in [3.63, 3.8) is 0 Å². The standard InChI is InChI=1S/C22H19F5O3S/c1-2-21(28)9-7-14(8-10-21)13-31(29,30)20-6-3-15(11-18(20)22(25,26)27)17-5-4-16(23)12-19(17)24/h1,3-6,11-12,14,28H,7-10,13H2. The van der Waals surface area contributed by atoms with Crippen LogP contribution in [0.25, 0.3) is 11.1 Å². The SMILES string of the molecule is C#CC1(O)CCC(CS(=O)(=O)c2ccc(-c3ccc(F)cc3F)cc2C(F)(F)F)CC1. The molecule has 9 heteroatoms.